The lowest BCUT2D eigenvalue weighted by Crippen LogP contribution is -2.54. The van der Waals surface area contributed by atoms with Gasteiger partial charge in [-0.05, 0) is 256 Å². The molecule has 0 N–H and O–H groups in total. The largest absolute Gasteiger partial charge is 0.743 e. The molecule has 0 amide bonds. The smallest absolute Gasteiger partial charge is 0.369 e. The third kappa shape index (κ3) is 22.1. The minimum Gasteiger partial charge on any atom is -0.743 e. The van der Waals surface area contributed by atoms with Gasteiger partial charge in [-0.2, -0.15) is 30.7 Å². The highest BCUT2D eigenvalue weighted by molar-refractivity contribution is 7.97. The van der Waals surface area contributed by atoms with Crippen molar-refractivity contribution in [2.75, 3.05) is 0 Å². The number of rotatable bonds is 25. The highest BCUT2D eigenvalue weighted by atomic mass is 32.2. The molecule has 6 unspecified atom stereocenters. The number of hydrogen-bond donors (Lipinski definition) is 0. The maximum absolute atomic E-state index is 14.0. The normalized spacial score (nSPS) is 21.4. The molecule has 122 heavy (non-hydrogen) atoms. The van der Waals surface area contributed by atoms with E-state index in [1.165, 1.54) is 47.5 Å². The van der Waals surface area contributed by atoms with Gasteiger partial charge in [0.05, 0.1) is 32.7 Å². The van der Waals surface area contributed by atoms with Crippen molar-refractivity contribution >= 4 is 63.0 Å². The minimum absolute atomic E-state index is 0.00969. The molecule has 31 heteroatoms. The molecule has 660 valence electrons. The molecule has 0 radical (unpaired) electrons. The van der Waals surface area contributed by atoms with Gasteiger partial charge >= 0.3 is 22.3 Å². The predicted octanol–water partition coefficient (Wildman–Crippen LogP) is 21.2. The Bertz CT molecular complexity index is 5400. The Hall–Kier alpha value is -7.57. The quantitative estimate of drug-likeness (QED) is 0.0293. The number of alkyl halides is 7. The lowest BCUT2D eigenvalue weighted by molar-refractivity contribution is -0.494. The first-order valence-electron chi connectivity index (χ1n) is 39.0. The highest BCUT2D eigenvalue weighted by Crippen LogP contribution is 2.48. The van der Waals surface area contributed by atoms with Crippen LogP contribution in [0.1, 0.15) is 172 Å². The Morgan fingerprint density at radius 3 is 0.689 bits per heavy atom. The fraction of sp³-hybridized carbons (Fsp3) is 0.407. The standard InChI is InChI=1S/C32H38F2O6S2.C31H36F2O6S2.C28H29F3O6S2/c1-21(32(33,34)42(35,36)37)38-24-13-19-27(20-14-24)41(25-15-9-22(10-16-25)29(2,3)4)26-17-11-23(12-18-26)31(8)39-28(40-31)30(5,6)7;1-20(2)28-38-30(7,39-28)23-10-16-26(17-11-23)40(25-14-8-22(9-15-25)29(4,5)6)27-18-12-24(13-19-27)37-21(3)31(32,33)41(34,35)36;1-18(28(30,31)39(32,33)34)35-21-10-16-24(17-11-21)38(22-12-6-19(7-13-22)26(2,3)4)23-14-8-20(9-15-23)27(5)36-25(29)37-27/h9-21,28H,1-8H3;8-21,28H,1-7H3;6-18,25H,1-5H3. The molecule has 9 aromatic rings. The molecule has 3 fully saturated rings. The van der Waals surface area contributed by atoms with Gasteiger partial charge in [-0.25, -0.2) is 25.3 Å². The molecular weight excluding hydrogens is 1710 g/mol. The molecule has 18 nitrogen and oxygen atoms in total. The SMILES string of the molecule is CC(C)C1OC(C)(c2ccc([S+](c3ccc(OC(C)C(F)(F)S(=O)(=O)[O-])cc3)c3ccc(C(C)(C)C)cc3)cc2)O1.CC(Oc1ccc([S+](c2ccc(C(C)(C)C)cc2)c2ccc(C3(C)OC(C(C)(C)C)O3)cc2)cc1)C(F)(F)S(=O)(=O)[O-].CC(Oc1ccc([S+](c2ccc(C(C)(C)C)cc2)c2ccc(C3(C)OC(F)O3)cc2)cc1)C(F)(F)S(=O)(=O)[O-]. The zero-order valence-corrected chi connectivity index (χ0v) is 76.2. The van der Waals surface area contributed by atoms with Gasteiger partial charge in [0, 0.05) is 28.0 Å². The van der Waals surface area contributed by atoms with Crippen LogP contribution in [0.15, 0.2) is 262 Å². The first kappa shape index (κ1) is 96.6. The summed E-state index contributed by atoms with van der Waals surface area (Å²) < 4.78 is 245. The van der Waals surface area contributed by atoms with Crippen LogP contribution in [0.3, 0.4) is 0 Å². The molecule has 3 saturated heterocycles. The molecule has 0 bridgehead atoms. The summed E-state index contributed by atoms with van der Waals surface area (Å²) in [6.45, 7) is 35.7. The van der Waals surface area contributed by atoms with Crippen LogP contribution in [0.4, 0.5) is 30.7 Å². The summed E-state index contributed by atoms with van der Waals surface area (Å²) in [4.78, 5) is 8.68. The van der Waals surface area contributed by atoms with Crippen LogP contribution in [-0.2, 0) is 125 Å². The van der Waals surface area contributed by atoms with E-state index in [1.54, 1.807) is 55.5 Å². The molecule has 9 aromatic carbocycles. The van der Waals surface area contributed by atoms with Gasteiger partial charge in [0.25, 0.3) is 0 Å². The van der Waals surface area contributed by atoms with Gasteiger partial charge in [-0.15, -0.1) is 0 Å². The van der Waals surface area contributed by atoms with Crippen LogP contribution in [-0.4, -0.2) is 92.1 Å². The van der Waals surface area contributed by atoms with E-state index >= 15 is 0 Å². The van der Waals surface area contributed by atoms with Crippen molar-refractivity contribution in [2.45, 2.75) is 269 Å². The molecule has 0 aliphatic carbocycles. The van der Waals surface area contributed by atoms with Crippen LogP contribution in [0, 0.1) is 11.3 Å². The second-order valence-corrected chi connectivity index (χ2v) is 45.1. The monoisotopic (exact) mass is 1810 g/mol. The summed E-state index contributed by atoms with van der Waals surface area (Å²) >= 11 is 0. The lowest BCUT2D eigenvalue weighted by atomic mass is 9.87. The van der Waals surface area contributed by atoms with E-state index in [-0.39, 0.29) is 57.4 Å². The summed E-state index contributed by atoms with van der Waals surface area (Å²) in [5.41, 5.74) is 5.78. The van der Waals surface area contributed by atoms with Crippen LogP contribution >= 0.6 is 0 Å². The Morgan fingerprint density at radius 1 is 0.320 bits per heavy atom. The minimum atomic E-state index is -5.89. The predicted molar refractivity (Wildman–Crippen MR) is 450 cm³/mol. The van der Waals surface area contributed by atoms with Crippen LogP contribution in [0.25, 0.3) is 0 Å². The Kier molecular flexibility index (Phi) is 28.6. The van der Waals surface area contributed by atoms with Crippen molar-refractivity contribution in [3.63, 3.8) is 0 Å². The average molecular weight is 1810 g/mol. The van der Waals surface area contributed by atoms with E-state index in [1.807, 2.05) is 100 Å². The molecule has 0 spiro atoms. The van der Waals surface area contributed by atoms with Crippen LogP contribution in [0.2, 0.25) is 0 Å². The van der Waals surface area contributed by atoms with Gasteiger partial charge in [-0.3, -0.25) is 9.47 Å². The van der Waals surface area contributed by atoms with Crippen molar-refractivity contribution in [2.24, 2.45) is 11.3 Å². The summed E-state index contributed by atoms with van der Waals surface area (Å²) in [5, 5.41) is -13.7. The van der Waals surface area contributed by atoms with E-state index in [4.69, 9.17) is 42.6 Å². The fourth-order valence-electron chi connectivity index (χ4n) is 12.8. The molecule has 3 aliphatic heterocycles. The second kappa shape index (κ2) is 36.1. The van der Waals surface area contributed by atoms with E-state index in [0.717, 1.165) is 81.5 Å². The lowest BCUT2D eigenvalue weighted by Gasteiger charge is -2.50. The Morgan fingerprint density at radius 2 is 0.508 bits per heavy atom. The van der Waals surface area contributed by atoms with Crippen LogP contribution < -0.4 is 14.2 Å². The zero-order chi connectivity index (χ0) is 90.5. The van der Waals surface area contributed by atoms with E-state index in [0.29, 0.717) is 5.56 Å². The van der Waals surface area contributed by atoms with Gasteiger partial charge in [0.2, 0.25) is 5.79 Å². The van der Waals surface area contributed by atoms with Crippen molar-refractivity contribution in [3.05, 3.63) is 252 Å². The average Bonchev–Trinajstić information content (AvgIpc) is 0.754. The van der Waals surface area contributed by atoms with Crippen molar-refractivity contribution in [1.29, 1.82) is 0 Å². The molecular formula is C91H103F7O18S6. The topological polar surface area (TPSA) is 255 Å². The molecule has 3 aliphatic rings. The molecule has 6 atom stereocenters. The van der Waals surface area contributed by atoms with Gasteiger partial charge in [0.1, 0.15) is 17.2 Å². The van der Waals surface area contributed by atoms with E-state index < -0.39 is 121 Å². The zero-order valence-electron chi connectivity index (χ0n) is 71.3. The first-order chi connectivity index (χ1) is 56.2. The summed E-state index contributed by atoms with van der Waals surface area (Å²) in [5.74, 6) is -2.52. The molecule has 3 heterocycles. The van der Waals surface area contributed by atoms with Gasteiger partial charge in [-0.1, -0.05) is 133 Å². The Balaban J connectivity index is 0.000000192. The maximum Gasteiger partial charge on any atom is 0.369 e. The third-order valence-electron chi connectivity index (χ3n) is 20.5. The molecule has 0 saturated carbocycles. The van der Waals surface area contributed by atoms with Crippen molar-refractivity contribution in [1.82, 2.24) is 0 Å². The number of halogens is 7. The van der Waals surface area contributed by atoms with E-state index in [9.17, 15) is 69.6 Å². The van der Waals surface area contributed by atoms with E-state index in [2.05, 4.69) is 144 Å². The fourth-order valence-corrected chi connectivity index (χ4v) is 20.3. The second-order valence-electron chi connectivity index (χ2n) is 34.7. The number of ether oxygens (including phenoxy) is 9. The Labute approximate surface area is 720 Å². The first-order valence-corrected chi connectivity index (χ1v) is 46.9. The maximum atomic E-state index is 14.0. The summed E-state index contributed by atoms with van der Waals surface area (Å²) in [7, 11) is -19.4. The summed E-state index contributed by atoms with van der Waals surface area (Å²) in [6.07, 6.45) is -7.03. The van der Waals surface area contributed by atoms with Gasteiger partial charge in [0.15, 0.2) is 117 Å². The van der Waals surface area contributed by atoms with Crippen molar-refractivity contribution in [3.8, 4) is 17.2 Å². The number of hydrogen-bond acceptors (Lipinski definition) is 18. The highest BCUT2D eigenvalue weighted by Gasteiger charge is 2.52. The number of benzene rings is 9. The van der Waals surface area contributed by atoms with Crippen LogP contribution in [0.5, 0.6) is 17.2 Å². The molecule has 0 aromatic heterocycles. The molecule has 12 rings (SSSR count). The summed E-state index contributed by atoms with van der Waals surface area (Å²) in [6, 6.07) is 67.8. The third-order valence-corrected chi connectivity index (χ3v) is 30.2. The van der Waals surface area contributed by atoms with Crippen molar-refractivity contribution < 1.29 is 112 Å². The van der Waals surface area contributed by atoms with Gasteiger partial charge < -0.3 is 46.8 Å².